The van der Waals surface area contributed by atoms with Crippen molar-refractivity contribution >= 4 is 38.9 Å². The zero-order valence-corrected chi connectivity index (χ0v) is 24.1. The molecule has 0 aliphatic heterocycles. The maximum Gasteiger partial charge on any atom is 0.145 e. The van der Waals surface area contributed by atoms with E-state index in [1.54, 1.807) is 26.8 Å². The van der Waals surface area contributed by atoms with Crippen molar-refractivity contribution in [3.05, 3.63) is 22.2 Å². The molecular formula is C23H38BrFN4O2SSi. The topological polar surface area (TPSA) is 112 Å². The Balaban J connectivity index is 2.63. The van der Waals surface area contributed by atoms with Crippen LogP contribution in [0.1, 0.15) is 60.1 Å². The lowest BCUT2D eigenvalue weighted by Crippen LogP contribution is -2.51. The monoisotopic (exact) mass is 560 g/mol. The first kappa shape index (κ1) is 28.4. The zero-order valence-electron chi connectivity index (χ0n) is 20.7. The van der Waals surface area contributed by atoms with Crippen molar-refractivity contribution in [2.45, 2.75) is 82.8 Å². The van der Waals surface area contributed by atoms with E-state index in [1.807, 2.05) is 0 Å². The number of halogens is 2. The Morgan fingerprint density at radius 3 is 2.30 bits per heavy atom. The highest BCUT2D eigenvalue weighted by Gasteiger charge is 2.45. The largest absolute Gasteiger partial charge is 0.396 e. The molecule has 1 fully saturated rings. The normalized spacial score (nSPS) is 19.3. The molecule has 10 heteroatoms. The van der Waals surface area contributed by atoms with Crippen LogP contribution >= 0.6 is 15.9 Å². The molecule has 6 nitrogen and oxygen atoms in total. The molecule has 1 saturated carbocycles. The first-order valence-corrected chi connectivity index (χ1v) is 16.7. The minimum Gasteiger partial charge on any atom is -0.396 e. The number of aliphatic hydroxyl groups is 1. The Morgan fingerprint density at radius 2 is 1.88 bits per heavy atom. The Kier molecular flexibility index (Phi) is 8.61. The summed E-state index contributed by atoms with van der Waals surface area (Å²) in [5.41, 5.74) is 4.94. The van der Waals surface area contributed by atoms with E-state index < -0.39 is 33.9 Å². The molecule has 0 radical (unpaired) electrons. The summed E-state index contributed by atoms with van der Waals surface area (Å²) in [6.45, 7) is 11.2. The van der Waals surface area contributed by atoms with Gasteiger partial charge in [0.2, 0.25) is 0 Å². The summed E-state index contributed by atoms with van der Waals surface area (Å²) in [6, 6.07) is 6.57. The molecule has 0 bridgehead atoms. The van der Waals surface area contributed by atoms with Gasteiger partial charge in [0.25, 0.3) is 0 Å². The number of hydrogen-bond donors (Lipinski definition) is 2. The summed E-state index contributed by atoms with van der Waals surface area (Å²) >= 11 is 3.44. The molecule has 186 valence electrons. The third kappa shape index (κ3) is 5.53. The molecule has 2 rings (SSSR count). The van der Waals surface area contributed by atoms with Crippen LogP contribution in [0.3, 0.4) is 0 Å². The molecule has 0 aromatic carbocycles. The fourth-order valence-corrected chi connectivity index (χ4v) is 10.9. The Labute approximate surface area is 207 Å². The highest BCUT2D eigenvalue weighted by atomic mass is 79.9. The molecule has 1 aromatic heterocycles. The summed E-state index contributed by atoms with van der Waals surface area (Å²) in [6.07, 6.45) is 1.61. The van der Waals surface area contributed by atoms with Gasteiger partial charge in [-0.1, -0.05) is 38.9 Å². The maximum atomic E-state index is 16.0. The van der Waals surface area contributed by atoms with Gasteiger partial charge in [0.15, 0.2) is 0 Å². The van der Waals surface area contributed by atoms with Crippen LogP contribution in [-0.4, -0.2) is 46.0 Å². The summed E-state index contributed by atoms with van der Waals surface area (Å²) in [4.78, 5) is 4.40. The number of rotatable bonds is 11. The van der Waals surface area contributed by atoms with E-state index in [-0.39, 0.29) is 30.0 Å². The van der Waals surface area contributed by atoms with Crippen LogP contribution in [0.15, 0.2) is 15.0 Å². The van der Waals surface area contributed by atoms with E-state index in [1.165, 1.54) is 0 Å². The number of aliphatic hydroxyl groups excluding tert-OH is 1. The lowest BCUT2D eigenvalue weighted by Gasteiger charge is -2.34. The maximum absolute atomic E-state index is 16.0. The number of nitriles is 1. The van der Waals surface area contributed by atoms with E-state index in [0.717, 1.165) is 31.0 Å². The number of pyridine rings is 1. The molecule has 0 spiro atoms. The predicted octanol–water partition coefficient (Wildman–Crippen LogP) is 4.42. The minimum atomic E-state index is -3.20. The van der Waals surface area contributed by atoms with Gasteiger partial charge in [-0.15, -0.1) is 0 Å². The van der Waals surface area contributed by atoms with E-state index in [9.17, 15) is 14.6 Å². The molecule has 1 aliphatic rings. The highest BCUT2D eigenvalue weighted by Crippen LogP contribution is 2.46. The van der Waals surface area contributed by atoms with E-state index in [0.29, 0.717) is 9.79 Å². The van der Waals surface area contributed by atoms with E-state index in [4.69, 9.17) is 5.73 Å². The number of aromatic nitrogens is 1. The van der Waals surface area contributed by atoms with Crippen LogP contribution in [0.4, 0.5) is 4.39 Å². The standard InChI is InChI=1S/C23H38BrFN4O2SSi/c1-7-33(8-2,9-3)17-12-18(24)29-20(19(17)25)22(6,27)16-32(31,21(4,5)13-26)28-14-23(15-30)10-11-23/h12,30H,7-11,14-16,27H2,1-6H3/t22-,32?/m0/s1. The average molecular weight is 562 g/mol. The van der Waals surface area contributed by atoms with Gasteiger partial charge < -0.3 is 10.8 Å². The zero-order chi connectivity index (χ0) is 25.3. The molecule has 3 N–H and O–H groups in total. The molecule has 33 heavy (non-hydrogen) atoms. The summed E-state index contributed by atoms with van der Waals surface area (Å²) in [7, 11) is -5.30. The fourth-order valence-electron chi connectivity index (χ4n) is 4.30. The van der Waals surface area contributed by atoms with Crippen molar-refractivity contribution in [2.24, 2.45) is 15.5 Å². The SMILES string of the molecule is CC[Si](CC)(CC)c1cc(Br)nc([C@@](C)(N)CS(=O)(=NCC2(CO)CC2)C(C)(C)C#N)c1F. The van der Waals surface area contributed by atoms with Crippen LogP contribution < -0.4 is 10.9 Å². The van der Waals surface area contributed by atoms with Crippen LogP contribution in [0.5, 0.6) is 0 Å². The highest BCUT2D eigenvalue weighted by molar-refractivity contribution is 9.10. The van der Waals surface area contributed by atoms with Crippen molar-refractivity contribution in [1.82, 2.24) is 4.98 Å². The number of hydrogen-bond acceptors (Lipinski definition) is 6. The molecule has 0 saturated heterocycles. The van der Waals surface area contributed by atoms with Crippen LogP contribution in [-0.2, 0) is 15.3 Å². The Hall–Kier alpha value is -0.863. The lowest BCUT2D eigenvalue weighted by molar-refractivity contribution is 0.217. The number of nitrogens with zero attached hydrogens (tertiary/aromatic N) is 3. The van der Waals surface area contributed by atoms with Gasteiger partial charge in [-0.2, -0.15) is 5.26 Å². The average Bonchev–Trinajstić information content (AvgIpc) is 3.56. The Bertz CT molecular complexity index is 1030. The molecule has 1 aromatic rings. The van der Waals surface area contributed by atoms with Gasteiger partial charge in [0.1, 0.15) is 15.2 Å². The molecule has 1 heterocycles. The first-order chi connectivity index (χ1) is 15.2. The van der Waals surface area contributed by atoms with Gasteiger partial charge in [-0.3, -0.25) is 0 Å². The summed E-state index contributed by atoms with van der Waals surface area (Å²) in [5.74, 6) is -0.633. The van der Waals surface area contributed by atoms with Crippen molar-refractivity contribution in [2.75, 3.05) is 18.9 Å². The van der Waals surface area contributed by atoms with Crippen LogP contribution in [0.2, 0.25) is 18.1 Å². The van der Waals surface area contributed by atoms with Crippen molar-refractivity contribution < 1.29 is 13.7 Å². The summed E-state index contributed by atoms with van der Waals surface area (Å²) in [5, 5.41) is 20.1. The van der Waals surface area contributed by atoms with Crippen molar-refractivity contribution in [1.29, 1.82) is 5.26 Å². The van der Waals surface area contributed by atoms with Crippen LogP contribution in [0, 0.1) is 22.6 Å². The van der Waals surface area contributed by atoms with E-state index in [2.05, 4.69) is 52.1 Å². The second-order valence-electron chi connectivity index (χ2n) is 10.3. The smallest absolute Gasteiger partial charge is 0.145 e. The molecule has 0 amide bonds. The first-order valence-electron chi connectivity index (χ1n) is 11.6. The molecule has 1 aliphatic carbocycles. The third-order valence-corrected chi connectivity index (χ3v) is 16.7. The molecule has 1 unspecified atom stereocenters. The lowest BCUT2D eigenvalue weighted by atomic mass is 10.0. The van der Waals surface area contributed by atoms with Gasteiger partial charge in [0.05, 0.1) is 54.0 Å². The van der Waals surface area contributed by atoms with E-state index >= 15 is 4.39 Å². The van der Waals surface area contributed by atoms with Gasteiger partial charge >= 0.3 is 0 Å². The second-order valence-corrected chi connectivity index (χ2v) is 19.1. The molecule has 2 atom stereocenters. The minimum absolute atomic E-state index is 0.0398. The van der Waals surface area contributed by atoms with Gasteiger partial charge in [-0.05, 0) is 60.8 Å². The molecular weight excluding hydrogens is 523 g/mol. The fraction of sp³-hybridized carbons (Fsp3) is 0.739. The van der Waals surface area contributed by atoms with Crippen molar-refractivity contribution in [3.8, 4) is 6.07 Å². The predicted molar refractivity (Wildman–Crippen MR) is 139 cm³/mol. The van der Waals surface area contributed by atoms with Gasteiger partial charge in [0, 0.05) is 5.41 Å². The Morgan fingerprint density at radius 1 is 1.33 bits per heavy atom. The second kappa shape index (κ2) is 10.0. The quantitative estimate of drug-likeness (QED) is 0.307. The summed E-state index contributed by atoms with van der Waals surface area (Å²) < 4.78 is 33.9. The number of nitrogens with two attached hydrogens (primary N) is 1. The van der Waals surface area contributed by atoms with Gasteiger partial charge in [-0.25, -0.2) is 17.9 Å². The van der Waals surface area contributed by atoms with Crippen LogP contribution in [0.25, 0.3) is 0 Å². The van der Waals surface area contributed by atoms with Crippen molar-refractivity contribution in [3.63, 3.8) is 0 Å². The third-order valence-electron chi connectivity index (χ3n) is 7.53.